The van der Waals surface area contributed by atoms with Gasteiger partial charge in [0.2, 0.25) is 16.0 Å². The van der Waals surface area contributed by atoms with Crippen molar-refractivity contribution in [1.29, 1.82) is 0 Å². The highest BCUT2D eigenvalue weighted by atomic mass is 79.9. The van der Waals surface area contributed by atoms with Crippen LogP contribution in [-0.4, -0.2) is 47.4 Å². The summed E-state index contributed by atoms with van der Waals surface area (Å²) in [4.78, 5) is 7.93. The fourth-order valence-electron chi connectivity index (χ4n) is 2.14. The molecule has 0 amide bonds. The van der Waals surface area contributed by atoms with Gasteiger partial charge in [-0.3, -0.25) is 0 Å². The van der Waals surface area contributed by atoms with Crippen LogP contribution in [0.4, 0.5) is 17.5 Å². The van der Waals surface area contributed by atoms with Crippen molar-refractivity contribution in [2.24, 2.45) is 5.14 Å². The Morgan fingerprint density at radius 3 is 2.54 bits per heavy atom. The van der Waals surface area contributed by atoms with E-state index in [0.717, 1.165) is 0 Å². The standard InChI is InChI=1S/C16H22BrN5O5S/c1-8(16(2,3)24)20-14-10(17)7-19-15(22-14)21-9-5-11(23)13(28(18,25)26)12(6-9)27-4/h5-8,23-24H,1-4H3,(H2,18,25,26)(H2,19,20,21,22)/t8-/m1/s1. The van der Waals surface area contributed by atoms with E-state index in [-0.39, 0.29) is 23.4 Å². The van der Waals surface area contributed by atoms with Crippen LogP contribution in [0.3, 0.4) is 0 Å². The molecule has 0 aliphatic heterocycles. The molecule has 28 heavy (non-hydrogen) atoms. The summed E-state index contributed by atoms with van der Waals surface area (Å²) in [5, 5.41) is 31.2. The number of halogens is 1. The Bertz CT molecular complexity index is 978. The molecule has 2 aromatic rings. The predicted molar refractivity (Wildman–Crippen MR) is 108 cm³/mol. The van der Waals surface area contributed by atoms with E-state index in [1.165, 1.54) is 25.4 Å². The quantitative estimate of drug-likeness (QED) is 0.402. The zero-order valence-electron chi connectivity index (χ0n) is 15.7. The second kappa shape index (κ2) is 8.07. The Balaban J connectivity index is 2.36. The molecule has 12 heteroatoms. The maximum absolute atomic E-state index is 11.6. The summed E-state index contributed by atoms with van der Waals surface area (Å²) in [7, 11) is -2.93. The molecule has 0 aliphatic carbocycles. The van der Waals surface area contributed by atoms with E-state index in [1.54, 1.807) is 20.8 Å². The van der Waals surface area contributed by atoms with Gasteiger partial charge in [-0.15, -0.1) is 0 Å². The molecule has 0 saturated heterocycles. The van der Waals surface area contributed by atoms with Gasteiger partial charge in [-0.25, -0.2) is 18.5 Å². The highest BCUT2D eigenvalue weighted by molar-refractivity contribution is 9.10. The summed E-state index contributed by atoms with van der Waals surface area (Å²) >= 11 is 3.34. The minimum absolute atomic E-state index is 0.129. The molecule has 0 saturated carbocycles. The lowest BCUT2D eigenvalue weighted by molar-refractivity contribution is 0.0647. The van der Waals surface area contributed by atoms with Gasteiger partial charge < -0.3 is 25.6 Å². The normalized spacial score (nSPS) is 13.1. The number of phenolic OH excluding ortho intramolecular Hbond substituents is 1. The number of benzene rings is 1. The number of anilines is 3. The number of aliphatic hydroxyl groups is 1. The van der Waals surface area contributed by atoms with Crippen molar-refractivity contribution >= 4 is 43.4 Å². The molecule has 0 spiro atoms. The first-order valence-corrected chi connectivity index (χ1v) is 10.4. The fourth-order valence-corrected chi connectivity index (χ4v) is 3.22. The molecule has 0 unspecified atom stereocenters. The molecule has 0 bridgehead atoms. The number of aromatic hydroxyl groups is 1. The predicted octanol–water partition coefficient (Wildman–Crippen LogP) is 1.92. The van der Waals surface area contributed by atoms with Gasteiger partial charge in [0, 0.05) is 24.0 Å². The number of phenols is 1. The lowest BCUT2D eigenvalue weighted by Gasteiger charge is -2.27. The number of primary sulfonamides is 1. The molecule has 2 rings (SSSR count). The molecule has 1 heterocycles. The van der Waals surface area contributed by atoms with Gasteiger partial charge in [0.1, 0.15) is 17.3 Å². The van der Waals surface area contributed by atoms with Gasteiger partial charge in [0.25, 0.3) is 0 Å². The van der Waals surface area contributed by atoms with Crippen LogP contribution in [0.25, 0.3) is 0 Å². The molecule has 154 valence electrons. The zero-order valence-corrected chi connectivity index (χ0v) is 18.1. The van der Waals surface area contributed by atoms with E-state index < -0.39 is 26.3 Å². The van der Waals surface area contributed by atoms with Crippen molar-refractivity contribution in [2.45, 2.75) is 37.3 Å². The van der Waals surface area contributed by atoms with Crippen molar-refractivity contribution in [3.8, 4) is 11.5 Å². The number of aromatic nitrogens is 2. The maximum atomic E-state index is 11.6. The summed E-state index contributed by atoms with van der Waals surface area (Å²) in [5.41, 5.74) is -0.703. The molecule has 6 N–H and O–H groups in total. The zero-order chi connectivity index (χ0) is 21.3. The molecule has 1 aromatic carbocycles. The molecular weight excluding hydrogens is 454 g/mol. The van der Waals surface area contributed by atoms with Crippen LogP contribution in [0.5, 0.6) is 11.5 Å². The number of nitrogens with zero attached hydrogens (tertiary/aromatic N) is 2. The van der Waals surface area contributed by atoms with Crippen LogP contribution in [0.2, 0.25) is 0 Å². The van der Waals surface area contributed by atoms with Gasteiger partial charge in [0.05, 0.1) is 23.2 Å². The summed E-state index contributed by atoms with van der Waals surface area (Å²) in [6.45, 7) is 5.14. The van der Waals surface area contributed by atoms with E-state index in [2.05, 4.69) is 36.5 Å². The smallest absolute Gasteiger partial charge is 0.245 e. The number of methoxy groups -OCH3 is 1. The molecule has 1 aromatic heterocycles. The van der Waals surface area contributed by atoms with Crippen LogP contribution in [-0.2, 0) is 10.0 Å². The highest BCUT2D eigenvalue weighted by Crippen LogP contribution is 2.36. The number of hydrogen-bond acceptors (Lipinski definition) is 9. The van der Waals surface area contributed by atoms with Gasteiger partial charge in [-0.2, -0.15) is 4.98 Å². The van der Waals surface area contributed by atoms with Crippen molar-refractivity contribution in [1.82, 2.24) is 9.97 Å². The van der Waals surface area contributed by atoms with Crippen LogP contribution in [0, 0.1) is 0 Å². The van der Waals surface area contributed by atoms with Crippen molar-refractivity contribution in [2.75, 3.05) is 17.7 Å². The van der Waals surface area contributed by atoms with Gasteiger partial charge in [-0.1, -0.05) is 0 Å². The molecule has 0 radical (unpaired) electrons. The molecule has 1 atom stereocenters. The summed E-state index contributed by atoms with van der Waals surface area (Å²) < 4.78 is 28.9. The molecule has 0 aliphatic rings. The van der Waals surface area contributed by atoms with Gasteiger partial charge in [-0.05, 0) is 36.7 Å². The van der Waals surface area contributed by atoms with Crippen molar-refractivity contribution in [3.63, 3.8) is 0 Å². The van der Waals surface area contributed by atoms with Crippen LogP contribution < -0.4 is 20.5 Å². The van der Waals surface area contributed by atoms with Crippen LogP contribution in [0.1, 0.15) is 20.8 Å². The van der Waals surface area contributed by atoms with Crippen molar-refractivity contribution in [3.05, 3.63) is 22.8 Å². The summed E-state index contributed by atoms with van der Waals surface area (Å²) in [6, 6.07) is 2.20. The van der Waals surface area contributed by atoms with E-state index >= 15 is 0 Å². The number of sulfonamides is 1. The Hall–Kier alpha value is -2.15. The Morgan fingerprint density at radius 1 is 1.36 bits per heavy atom. The van der Waals surface area contributed by atoms with Crippen molar-refractivity contribution < 1.29 is 23.4 Å². The minimum Gasteiger partial charge on any atom is -0.506 e. The number of hydrogen-bond donors (Lipinski definition) is 5. The second-order valence-electron chi connectivity index (χ2n) is 6.61. The average Bonchev–Trinajstić information content (AvgIpc) is 2.55. The third-order valence-electron chi connectivity index (χ3n) is 3.95. The lowest BCUT2D eigenvalue weighted by atomic mass is 10.0. The van der Waals surface area contributed by atoms with E-state index in [9.17, 15) is 18.6 Å². The van der Waals surface area contributed by atoms with Crippen LogP contribution in [0.15, 0.2) is 27.7 Å². The lowest BCUT2D eigenvalue weighted by Crippen LogP contribution is -2.39. The maximum Gasteiger partial charge on any atom is 0.245 e. The van der Waals surface area contributed by atoms with E-state index in [1.807, 2.05) is 0 Å². The monoisotopic (exact) mass is 475 g/mol. The third kappa shape index (κ3) is 5.22. The Morgan fingerprint density at radius 2 is 2.00 bits per heavy atom. The summed E-state index contributed by atoms with van der Waals surface area (Å²) in [5.74, 6) is -0.102. The largest absolute Gasteiger partial charge is 0.506 e. The number of nitrogens with two attached hydrogens (primary N) is 1. The minimum atomic E-state index is -4.18. The highest BCUT2D eigenvalue weighted by Gasteiger charge is 2.24. The SMILES string of the molecule is COc1cc(Nc2ncc(Br)c(N[C@H](C)C(C)(C)O)n2)cc(O)c1S(N)(=O)=O. The Kier molecular flexibility index (Phi) is 6.38. The first-order valence-electron chi connectivity index (χ1n) is 8.05. The van der Waals surface area contributed by atoms with E-state index in [0.29, 0.717) is 10.3 Å². The topological polar surface area (TPSA) is 160 Å². The fraction of sp³-hybridized carbons (Fsp3) is 0.375. The first-order chi connectivity index (χ1) is 12.8. The number of rotatable bonds is 7. The first kappa shape index (κ1) is 22.1. The van der Waals surface area contributed by atoms with Gasteiger partial charge in [0.15, 0.2) is 4.90 Å². The Labute approximate surface area is 171 Å². The third-order valence-corrected chi connectivity index (χ3v) is 5.51. The van der Waals surface area contributed by atoms with E-state index in [4.69, 9.17) is 9.88 Å². The van der Waals surface area contributed by atoms with Gasteiger partial charge >= 0.3 is 0 Å². The number of ether oxygens (including phenoxy) is 1. The molecular formula is C16H22BrN5O5S. The summed E-state index contributed by atoms with van der Waals surface area (Å²) in [6.07, 6.45) is 1.50. The second-order valence-corrected chi connectivity index (χ2v) is 8.96. The van der Waals surface area contributed by atoms with Crippen LogP contribution >= 0.6 is 15.9 Å². The molecule has 0 fully saturated rings. The molecule has 10 nitrogen and oxygen atoms in total. The average molecular weight is 476 g/mol. The number of nitrogens with one attached hydrogen (secondary N) is 2.